The van der Waals surface area contributed by atoms with Crippen LogP contribution in [0.3, 0.4) is 0 Å². The Morgan fingerprint density at radius 3 is 2.52 bits per heavy atom. The van der Waals surface area contributed by atoms with Gasteiger partial charge in [-0.1, -0.05) is 38.2 Å². The Morgan fingerprint density at radius 2 is 1.86 bits per heavy atom. The Balaban J connectivity index is 1.90. The summed E-state index contributed by atoms with van der Waals surface area (Å²) in [7, 11) is 0. The van der Waals surface area contributed by atoms with Crippen LogP contribution in [0.4, 0.5) is 0 Å². The molecule has 0 heterocycles. The zero-order valence-electron chi connectivity index (χ0n) is 19.3. The Bertz CT molecular complexity index is 858. The molecule has 4 rings (SSSR count). The molecule has 2 nitrogen and oxygen atoms in total. The lowest BCUT2D eigenvalue weighted by Crippen LogP contribution is -2.52. The molecule has 0 radical (unpaired) electrons. The first-order chi connectivity index (χ1) is 13.5. The first-order valence-corrected chi connectivity index (χ1v) is 11.4. The molecule has 0 saturated heterocycles. The highest BCUT2D eigenvalue weighted by atomic mass is 16.5. The van der Waals surface area contributed by atoms with Crippen molar-refractivity contribution in [2.75, 3.05) is 6.61 Å². The number of hydrogen-bond acceptors (Lipinski definition) is 2. The quantitative estimate of drug-likeness (QED) is 0.503. The Labute approximate surface area is 177 Å². The van der Waals surface area contributed by atoms with Gasteiger partial charge in [-0.05, 0) is 88.2 Å². The summed E-state index contributed by atoms with van der Waals surface area (Å²) in [5, 5.41) is 0. The van der Waals surface area contributed by atoms with Crippen LogP contribution in [-0.2, 0) is 6.42 Å². The normalized spacial score (nSPS) is 33.7. The van der Waals surface area contributed by atoms with Gasteiger partial charge in [0.1, 0.15) is 17.1 Å². The molecule has 4 atom stereocenters. The van der Waals surface area contributed by atoms with Gasteiger partial charge in [-0.3, -0.25) is 0 Å². The summed E-state index contributed by atoms with van der Waals surface area (Å²) in [6, 6.07) is 4.37. The highest BCUT2D eigenvalue weighted by Crippen LogP contribution is 2.68. The van der Waals surface area contributed by atoms with Crippen LogP contribution in [0.15, 0.2) is 36.4 Å². The van der Waals surface area contributed by atoms with E-state index in [0.29, 0.717) is 18.4 Å². The molecule has 0 N–H and O–H groups in total. The van der Waals surface area contributed by atoms with Gasteiger partial charge in [-0.2, -0.15) is 0 Å². The third-order valence-electron chi connectivity index (χ3n) is 7.93. The van der Waals surface area contributed by atoms with Gasteiger partial charge in [0.05, 0.1) is 6.61 Å². The van der Waals surface area contributed by atoms with E-state index in [4.69, 9.17) is 16.1 Å². The second-order valence-electron chi connectivity index (χ2n) is 11.0. The van der Waals surface area contributed by atoms with Gasteiger partial charge in [0.15, 0.2) is 0 Å². The number of benzene rings is 1. The fraction of sp³-hybridized carbons (Fsp3) is 0.630. The standard InChI is InChI=1S/C27H38O2/c1-9-28-20-13-19-15-27(8)18(3)21(24(19)22(14-20)29-25(4,5)6)16-26(7)17(2)11-10-12-23(26)27/h13-14,21,23H,2-3,9-12,15-16H2,1,4-8H3/t21-,23-,26-,27-/m1/s1. The largest absolute Gasteiger partial charge is 0.494 e. The van der Waals surface area contributed by atoms with E-state index in [2.05, 4.69) is 53.3 Å². The number of hydrogen-bond donors (Lipinski definition) is 0. The molecule has 0 spiro atoms. The van der Waals surface area contributed by atoms with Gasteiger partial charge in [0.25, 0.3) is 0 Å². The minimum atomic E-state index is -0.254. The van der Waals surface area contributed by atoms with E-state index in [1.165, 1.54) is 41.5 Å². The number of allylic oxidation sites excluding steroid dienone is 2. The van der Waals surface area contributed by atoms with Crippen molar-refractivity contribution in [3.05, 3.63) is 47.6 Å². The lowest BCUT2D eigenvalue weighted by Gasteiger charge is -2.61. The van der Waals surface area contributed by atoms with E-state index in [-0.39, 0.29) is 16.4 Å². The molecule has 1 aromatic rings. The third-order valence-corrected chi connectivity index (χ3v) is 7.93. The van der Waals surface area contributed by atoms with Crippen molar-refractivity contribution in [2.45, 2.75) is 85.2 Å². The van der Waals surface area contributed by atoms with Crippen LogP contribution in [0.25, 0.3) is 0 Å². The Morgan fingerprint density at radius 1 is 1.14 bits per heavy atom. The van der Waals surface area contributed by atoms with Crippen molar-refractivity contribution in [3.63, 3.8) is 0 Å². The lowest BCUT2D eigenvalue weighted by atomic mass is 9.42. The molecular formula is C27H38O2. The van der Waals surface area contributed by atoms with Gasteiger partial charge in [-0.15, -0.1) is 0 Å². The molecule has 2 bridgehead atoms. The molecule has 0 unspecified atom stereocenters. The zero-order valence-corrected chi connectivity index (χ0v) is 19.3. The fourth-order valence-electron chi connectivity index (χ4n) is 6.62. The number of ether oxygens (including phenoxy) is 2. The fourth-order valence-corrected chi connectivity index (χ4v) is 6.62. The smallest absolute Gasteiger partial charge is 0.127 e. The summed E-state index contributed by atoms with van der Waals surface area (Å²) >= 11 is 0. The molecule has 3 aliphatic carbocycles. The SMILES string of the molecule is C=C1CCC[C@@H]2[C@]1(C)C[C@@H]1C(=C)[C@@]2(C)Cc2cc(OCC)cc(OC(C)(C)C)c21. The predicted octanol–water partition coefficient (Wildman–Crippen LogP) is 7.23. The van der Waals surface area contributed by atoms with Gasteiger partial charge < -0.3 is 9.47 Å². The van der Waals surface area contributed by atoms with Crippen molar-refractivity contribution < 1.29 is 9.47 Å². The second-order valence-corrected chi connectivity index (χ2v) is 11.0. The zero-order chi connectivity index (χ0) is 21.2. The summed E-state index contributed by atoms with van der Waals surface area (Å²) < 4.78 is 12.4. The molecule has 0 amide bonds. The van der Waals surface area contributed by atoms with Crippen molar-refractivity contribution in [2.24, 2.45) is 16.7 Å². The highest BCUT2D eigenvalue weighted by molar-refractivity contribution is 5.57. The predicted molar refractivity (Wildman–Crippen MR) is 121 cm³/mol. The minimum absolute atomic E-state index is 0.109. The van der Waals surface area contributed by atoms with Gasteiger partial charge >= 0.3 is 0 Å². The molecule has 0 aliphatic heterocycles. The maximum Gasteiger partial charge on any atom is 0.127 e. The summed E-state index contributed by atoms with van der Waals surface area (Å²) in [4.78, 5) is 0. The van der Waals surface area contributed by atoms with E-state index in [1.54, 1.807) is 0 Å². The lowest BCUT2D eigenvalue weighted by molar-refractivity contribution is 0.0158. The van der Waals surface area contributed by atoms with Gasteiger partial charge in [-0.25, -0.2) is 0 Å². The first-order valence-electron chi connectivity index (χ1n) is 11.4. The molecule has 2 saturated carbocycles. The van der Waals surface area contributed by atoms with Crippen LogP contribution >= 0.6 is 0 Å². The van der Waals surface area contributed by atoms with Crippen molar-refractivity contribution in [3.8, 4) is 11.5 Å². The maximum absolute atomic E-state index is 6.51. The van der Waals surface area contributed by atoms with Crippen LogP contribution in [0.5, 0.6) is 11.5 Å². The molecule has 1 aromatic carbocycles. The van der Waals surface area contributed by atoms with E-state index in [1.807, 2.05) is 6.92 Å². The van der Waals surface area contributed by atoms with Gasteiger partial charge in [0.2, 0.25) is 0 Å². The molecule has 2 fully saturated rings. The van der Waals surface area contributed by atoms with Crippen molar-refractivity contribution in [1.29, 1.82) is 0 Å². The summed E-state index contributed by atoms with van der Waals surface area (Å²) in [5.74, 6) is 2.86. The number of rotatable bonds is 3. The first kappa shape index (κ1) is 20.6. The average molecular weight is 395 g/mol. The average Bonchev–Trinajstić information content (AvgIpc) is 2.59. The van der Waals surface area contributed by atoms with E-state index < -0.39 is 0 Å². The van der Waals surface area contributed by atoms with E-state index in [0.717, 1.165) is 24.3 Å². The highest BCUT2D eigenvalue weighted by Gasteiger charge is 2.58. The van der Waals surface area contributed by atoms with Gasteiger partial charge in [0, 0.05) is 17.5 Å². The van der Waals surface area contributed by atoms with Crippen LogP contribution in [0, 0.1) is 16.7 Å². The van der Waals surface area contributed by atoms with Crippen molar-refractivity contribution in [1.82, 2.24) is 0 Å². The topological polar surface area (TPSA) is 18.5 Å². The van der Waals surface area contributed by atoms with E-state index >= 15 is 0 Å². The van der Waals surface area contributed by atoms with Crippen LogP contribution in [0.1, 0.15) is 84.3 Å². The second kappa shape index (κ2) is 6.65. The Hall–Kier alpha value is -1.70. The molecule has 158 valence electrons. The van der Waals surface area contributed by atoms with Crippen LogP contribution in [0.2, 0.25) is 0 Å². The Kier molecular flexibility index (Phi) is 4.72. The van der Waals surface area contributed by atoms with Crippen LogP contribution < -0.4 is 9.47 Å². The molecule has 3 aliphatic rings. The third kappa shape index (κ3) is 3.14. The van der Waals surface area contributed by atoms with Crippen molar-refractivity contribution >= 4 is 0 Å². The molecule has 29 heavy (non-hydrogen) atoms. The summed E-state index contributed by atoms with van der Waals surface area (Å²) in [6.07, 6.45) is 5.84. The summed E-state index contributed by atoms with van der Waals surface area (Å²) in [5.41, 5.74) is 5.65. The molecule has 0 aromatic heterocycles. The maximum atomic E-state index is 6.51. The summed E-state index contributed by atoms with van der Waals surface area (Å²) in [6.45, 7) is 23.3. The molecule has 2 heteroatoms. The number of fused-ring (bicyclic) bond motifs is 6. The van der Waals surface area contributed by atoms with E-state index in [9.17, 15) is 0 Å². The molecular weight excluding hydrogens is 356 g/mol. The monoisotopic (exact) mass is 394 g/mol. The van der Waals surface area contributed by atoms with Crippen LogP contribution in [-0.4, -0.2) is 12.2 Å². The minimum Gasteiger partial charge on any atom is -0.494 e.